The summed E-state index contributed by atoms with van der Waals surface area (Å²) >= 11 is 0. The molecule has 104 valence electrons. The van der Waals surface area contributed by atoms with Gasteiger partial charge in [0.15, 0.2) is 0 Å². The molecule has 1 N–H and O–H groups in total. The van der Waals surface area contributed by atoms with Crippen LogP contribution < -0.4 is 5.32 Å². The standard InChI is InChI=1S/C14H22N4O/c1-11-10-18(12(2)9-17(11)3)14(19)8-16-13-4-6-15-7-5-13/h4-7,11-12H,8-10H2,1-3H3,(H,15,16). The van der Waals surface area contributed by atoms with Gasteiger partial charge >= 0.3 is 0 Å². The number of rotatable bonds is 3. The van der Waals surface area contributed by atoms with Crippen LogP contribution in [0, 0.1) is 0 Å². The van der Waals surface area contributed by atoms with Crippen molar-refractivity contribution in [3.63, 3.8) is 0 Å². The quantitative estimate of drug-likeness (QED) is 0.884. The van der Waals surface area contributed by atoms with Crippen LogP contribution in [0.1, 0.15) is 13.8 Å². The number of hydrogen-bond acceptors (Lipinski definition) is 4. The van der Waals surface area contributed by atoms with Crippen molar-refractivity contribution in [3.05, 3.63) is 24.5 Å². The molecule has 1 aliphatic heterocycles. The van der Waals surface area contributed by atoms with Gasteiger partial charge in [0, 0.05) is 43.3 Å². The molecular weight excluding hydrogens is 240 g/mol. The zero-order valence-corrected chi connectivity index (χ0v) is 11.8. The molecule has 2 heterocycles. The van der Waals surface area contributed by atoms with Gasteiger partial charge < -0.3 is 10.2 Å². The molecular formula is C14H22N4O. The third-order valence-corrected chi connectivity index (χ3v) is 3.74. The van der Waals surface area contributed by atoms with Crippen LogP contribution >= 0.6 is 0 Å². The first-order chi connectivity index (χ1) is 9.08. The highest BCUT2D eigenvalue weighted by atomic mass is 16.2. The van der Waals surface area contributed by atoms with E-state index < -0.39 is 0 Å². The van der Waals surface area contributed by atoms with Gasteiger partial charge in [-0.05, 0) is 33.0 Å². The zero-order valence-electron chi connectivity index (χ0n) is 11.8. The first-order valence-electron chi connectivity index (χ1n) is 6.71. The molecule has 5 heteroatoms. The third-order valence-electron chi connectivity index (χ3n) is 3.74. The molecule has 2 rings (SSSR count). The molecule has 2 unspecified atom stereocenters. The van der Waals surface area contributed by atoms with Gasteiger partial charge in [-0.15, -0.1) is 0 Å². The van der Waals surface area contributed by atoms with E-state index in [0.717, 1.165) is 18.8 Å². The lowest BCUT2D eigenvalue weighted by Gasteiger charge is -2.42. The number of piperazine rings is 1. The van der Waals surface area contributed by atoms with E-state index in [-0.39, 0.29) is 11.9 Å². The van der Waals surface area contributed by atoms with Crippen molar-refractivity contribution in [1.29, 1.82) is 0 Å². The average Bonchev–Trinajstić information content (AvgIpc) is 2.41. The maximum absolute atomic E-state index is 12.3. The molecule has 1 aliphatic rings. The number of carbonyl (C=O) groups excluding carboxylic acids is 1. The van der Waals surface area contributed by atoms with E-state index in [1.54, 1.807) is 12.4 Å². The van der Waals surface area contributed by atoms with E-state index >= 15 is 0 Å². The Hall–Kier alpha value is -1.62. The summed E-state index contributed by atoms with van der Waals surface area (Å²) in [6.07, 6.45) is 3.43. The Labute approximate surface area is 114 Å². The summed E-state index contributed by atoms with van der Waals surface area (Å²) in [5.74, 6) is 0.157. The van der Waals surface area contributed by atoms with Gasteiger partial charge in [0.25, 0.3) is 0 Å². The Kier molecular flexibility index (Phi) is 4.37. The van der Waals surface area contributed by atoms with E-state index in [2.05, 4.69) is 36.1 Å². The number of nitrogens with one attached hydrogen (secondary N) is 1. The minimum atomic E-state index is 0.157. The lowest BCUT2D eigenvalue weighted by Crippen LogP contribution is -2.57. The summed E-state index contributed by atoms with van der Waals surface area (Å²) in [4.78, 5) is 20.5. The number of likely N-dealkylation sites (N-methyl/N-ethyl adjacent to an activating group) is 1. The monoisotopic (exact) mass is 262 g/mol. The van der Waals surface area contributed by atoms with E-state index in [1.165, 1.54) is 0 Å². The van der Waals surface area contributed by atoms with Gasteiger partial charge in [-0.3, -0.25) is 14.7 Å². The van der Waals surface area contributed by atoms with Crippen LogP contribution in [-0.2, 0) is 4.79 Å². The van der Waals surface area contributed by atoms with E-state index in [0.29, 0.717) is 12.6 Å². The number of pyridine rings is 1. The van der Waals surface area contributed by atoms with Crippen LogP contribution in [-0.4, -0.2) is 59.5 Å². The van der Waals surface area contributed by atoms with Crippen LogP contribution in [0.25, 0.3) is 0 Å². The molecule has 0 bridgehead atoms. The molecule has 5 nitrogen and oxygen atoms in total. The lowest BCUT2D eigenvalue weighted by molar-refractivity contribution is -0.134. The summed E-state index contributed by atoms with van der Waals surface area (Å²) in [7, 11) is 2.11. The highest BCUT2D eigenvalue weighted by molar-refractivity contribution is 5.81. The summed E-state index contributed by atoms with van der Waals surface area (Å²) in [5, 5.41) is 3.14. The maximum atomic E-state index is 12.3. The molecule has 2 atom stereocenters. The van der Waals surface area contributed by atoms with Crippen LogP contribution in [0.3, 0.4) is 0 Å². The van der Waals surface area contributed by atoms with Gasteiger partial charge in [0.1, 0.15) is 0 Å². The van der Waals surface area contributed by atoms with Crippen molar-refractivity contribution in [2.75, 3.05) is 32.0 Å². The molecule has 1 saturated heterocycles. The van der Waals surface area contributed by atoms with Crippen LogP contribution in [0.15, 0.2) is 24.5 Å². The fourth-order valence-electron chi connectivity index (χ4n) is 2.40. The molecule has 0 spiro atoms. The number of anilines is 1. The Morgan fingerprint density at radius 1 is 1.32 bits per heavy atom. The second-order valence-corrected chi connectivity index (χ2v) is 5.27. The van der Waals surface area contributed by atoms with Crippen molar-refractivity contribution in [2.45, 2.75) is 25.9 Å². The Morgan fingerprint density at radius 3 is 2.68 bits per heavy atom. The predicted octanol–water partition coefficient (Wildman–Crippen LogP) is 1.04. The van der Waals surface area contributed by atoms with Crippen molar-refractivity contribution in [3.8, 4) is 0 Å². The first-order valence-corrected chi connectivity index (χ1v) is 6.71. The van der Waals surface area contributed by atoms with E-state index in [4.69, 9.17) is 0 Å². The molecule has 0 aromatic carbocycles. The Balaban J connectivity index is 1.89. The molecule has 1 fully saturated rings. The summed E-state index contributed by atoms with van der Waals surface area (Å²) in [6.45, 7) is 6.33. The van der Waals surface area contributed by atoms with Crippen molar-refractivity contribution in [2.24, 2.45) is 0 Å². The molecule has 0 radical (unpaired) electrons. The van der Waals surface area contributed by atoms with Crippen LogP contribution in [0.2, 0.25) is 0 Å². The molecule has 1 amide bonds. The van der Waals surface area contributed by atoms with Gasteiger partial charge in [0.05, 0.1) is 6.54 Å². The summed E-state index contributed by atoms with van der Waals surface area (Å²) in [5.41, 5.74) is 0.929. The first kappa shape index (κ1) is 13.8. The van der Waals surface area contributed by atoms with E-state index in [9.17, 15) is 4.79 Å². The zero-order chi connectivity index (χ0) is 13.8. The predicted molar refractivity (Wildman–Crippen MR) is 76.0 cm³/mol. The largest absolute Gasteiger partial charge is 0.376 e. The fraction of sp³-hybridized carbons (Fsp3) is 0.571. The van der Waals surface area contributed by atoms with E-state index in [1.807, 2.05) is 17.0 Å². The number of aromatic nitrogens is 1. The number of carbonyl (C=O) groups is 1. The Bertz CT molecular complexity index is 423. The topological polar surface area (TPSA) is 48.5 Å². The molecule has 0 aliphatic carbocycles. The summed E-state index contributed by atoms with van der Waals surface area (Å²) < 4.78 is 0. The minimum absolute atomic E-state index is 0.157. The highest BCUT2D eigenvalue weighted by Crippen LogP contribution is 2.13. The fourth-order valence-corrected chi connectivity index (χ4v) is 2.40. The van der Waals surface area contributed by atoms with Crippen molar-refractivity contribution < 1.29 is 4.79 Å². The molecule has 1 aromatic heterocycles. The van der Waals surface area contributed by atoms with Gasteiger partial charge in [-0.1, -0.05) is 0 Å². The van der Waals surface area contributed by atoms with Crippen LogP contribution in [0.5, 0.6) is 0 Å². The average molecular weight is 262 g/mol. The van der Waals surface area contributed by atoms with Gasteiger partial charge in [-0.25, -0.2) is 0 Å². The summed E-state index contributed by atoms with van der Waals surface area (Å²) in [6, 6.07) is 4.42. The van der Waals surface area contributed by atoms with Crippen molar-refractivity contribution >= 4 is 11.6 Å². The molecule has 1 aromatic rings. The normalized spacial score (nSPS) is 24.3. The molecule has 0 saturated carbocycles. The highest BCUT2D eigenvalue weighted by Gasteiger charge is 2.29. The van der Waals surface area contributed by atoms with Crippen LogP contribution in [0.4, 0.5) is 5.69 Å². The number of hydrogen-bond donors (Lipinski definition) is 1. The number of nitrogens with zero attached hydrogens (tertiary/aromatic N) is 3. The van der Waals surface area contributed by atoms with Gasteiger partial charge in [0.2, 0.25) is 5.91 Å². The maximum Gasteiger partial charge on any atom is 0.242 e. The smallest absolute Gasteiger partial charge is 0.242 e. The Morgan fingerprint density at radius 2 is 2.00 bits per heavy atom. The lowest BCUT2D eigenvalue weighted by atomic mass is 10.1. The number of amides is 1. The second-order valence-electron chi connectivity index (χ2n) is 5.27. The SMILES string of the molecule is CC1CN(C(=O)CNc2ccncc2)C(C)CN1C. The minimum Gasteiger partial charge on any atom is -0.376 e. The third kappa shape index (κ3) is 3.44. The molecule has 19 heavy (non-hydrogen) atoms. The van der Waals surface area contributed by atoms with Gasteiger partial charge in [-0.2, -0.15) is 0 Å². The van der Waals surface area contributed by atoms with Crippen molar-refractivity contribution in [1.82, 2.24) is 14.8 Å². The second kappa shape index (κ2) is 6.02.